The molecule has 4 rings (SSSR count). The maximum Gasteiger partial charge on any atom is 0.416 e. The highest BCUT2D eigenvalue weighted by Crippen LogP contribution is 2.34. The van der Waals surface area contributed by atoms with E-state index in [4.69, 9.17) is 0 Å². The summed E-state index contributed by atoms with van der Waals surface area (Å²) in [4.78, 5) is 0. The van der Waals surface area contributed by atoms with Gasteiger partial charge in [-0.05, 0) is 52.4 Å². The average Bonchev–Trinajstić information content (AvgIpc) is 2.74. The lowest BCUT2D eigenvalue weighted by Gasteiger charge is -2.19. The summed E-state index contributed by atoms with van der Waals surface area (Å²) in [5.74, 6) is 1.05. The third-order valence-electron chi connectivity index (χ3n) is 5.17. The highest BCUT2D eigenvalue weighted by Gasteiger charge is 2.30. The minimum atomic E-state index is -4.33. The van der Waals surface area contributed by atoms with Crippen molar-refractivity contribution in [2.75, 3.05) is 0 Å². The topological polar surface area (TPSA) is 0 Å². The molecule has 145 valence electrons. The molecular weight excluding hydrogens is 369 g/mol. The average molecular weight is 389 g/mol. The Morgan fingerprint density at radius 3 is 1.93 bits per heavy atom. The van der Waals surface area contributed by atoms with Crippen molar-refractivity contribution < 1.29 is 13.2 Å². The number of fused-ring (bicyclic) bond motifs is 1. The van der Waals surface area contributed by atoms with Crippen LogP contribution >= 0.6 is 0 Å². The van der Waals surface area contributed by atoms with Crippen LogP contribution in [0.3, 0.4) is 0 Å². The first-order valence-electron chi connectivity index (χ1n) is 9.57. The van der Waals surface area contributed by atoms with Crippen LogP contribution in [-0.2, 0) is 12.6 Å². The van der Waals surface area contributed by atoms with Crippen LogP contribution in [0.4, 0.5) is 13.2 Å². The van der Waals surface area contributed by atoms with E-state index in [0.717, 1.165) is 40.7 Å². The molecule has 0 fully saturated rings. The van der Waals surface area contributed by atoms with E-state index in [1.807, 2.05) is 30.3 Å². The summed E-state index contributed by atoms with van der Waals surface area (Å²) in [6, 6.07) is 30.0. The van der Waals surface area contributed by atoms with Gasteiger partial charge in [0, 0.05) is 5.92 Å². The van der Waals surface area contributed by atoms with Gasteiger partial charge in [-0.25, -0.2) is 0 Å². The van der Waals surface area contributed by atoms with Crippen molar-refractivity contribution in [2.24, 2.45) is 0 Å². The van der Waals surface area contributed by atoms with Crippen LogP contribution in [0.25, 0.3) is 10.8 Å². The number of hydrogen-bond donors (Lipinski definition) is 0. The van der Waals surface area contributed by atoms with Crippen molar-refractivity contribution in [2.45, 2.75) is 19.0 Å². The predicted octanol–water partition coefficient (Wildman–Crippen LogP) is 7.46. The zero-order chi connectivity index (χ0) is 20.3. The molecule has 29 heavy (non-hydrogen) atoms. The monoisotopic (exact) mass is 389 g/mol. The zero-order valence-corrected chi connectivity index (χ0v) is 15.8. The normalized spacial score (nSPS) is 11.9. The van der Waals surface area contributed by atoms with Crippen LogP contribution in [0.2, 0.25) is 0 Å². The second-order valence-corrected chi connectivity index (χ2v) is 7.10. The first kappa shape index (κ1) is 19.3. The number of benzene rings is 4. The van der Waals surface area contributed by atoms with Gasteiger partial charge in [0.15, 0.2) is 0 Å². The smallest absolute Gasteiger partial charge is 0.166 e. The number of rotatable bonds is 5. The first-order valence-corrected chi connectivity index (χ1v) is 9.57. The van der Waals surface area contributed by atoms with Gasteiger partial charge in [-0.1, -0.05) is 84.9 Å². The SMILES string of the molecule is FC(F)(F)c1ccc([C](CCc2ccccc2)c2ccc3ccccc3c2)cc1. The summed E-state index contributed by atoms with van der Waals surface area (Å²) in [7, 11) is 0. The Morgan fingerprint density at radius 1 is 0.621 bits per heavy atom. The first-order chi connectivity index (χ1) is 14.0. The van der Waals surface area contributed by atoms with Crippen LogP contribution in [0.1, 0.15) is 28.7 Å². The molecule has 0 heterocycles. The van der Waals surface area contributed by atoms with E-state index >= 15 is 0 Å². The van der Waals surface area contributed by atoms with Crippen molar-refractivity contribution in [1.29, 1.82) is 0 Å². The molecule has 0 aliphatic rings. The van der Waals surface area contributed by atoms with Gasteiger partial charge in [-0.15, -0.1) is 0 Å². The second-order valence-electron chi connectivity index (χ2n) is 7.10. The zero-order valence-electron chi connectivity index (χ0n) is 15.8. The number of halogens is 3. The molecule has 0 saturated carbocycles. The van der Waals surface area contributed by atoms with Crippen molar-refractivity contribution in [3.63, 3.8) is 0 Å². The fourth-order valence-electron chi connectivity index (χ4n) is 3.61. The Hall–Kier alpha value is -3.07. The summed E-state index contributed by atoms with van der Waals surface area (Å²) in [5, 5.41) is 2.26. The van der Waals surface area contributed by atoms with Gasteiger partial charge >= 0.3 is 6.18 Å². The van der Waals surface area contributed by atoms with Crippen molar-refractivity contribution in [1.82, 2.24) is 0 Å². The molecule has 0 aliphatic carbocycles. The van der Waals surface area contributed by atoms with E-state index in [1.165, 1.54) is 17.7 Å². The lowest BCUT2D eigenvalue weighted by atomic mass is 9.85. The molecular formula is C26H20F3. The molecule has 0 amide bonds. The number of hydrogen-bond acceptors (Lipinski definition) is 0. The summed E-state index contributed by atoms with van der Waals surface area (Å²) in [5.41, 5.74) is 2.45. The second kappa shape index (κ2) is 8.12. The Morgan fingerprint density at radius 2 is 1.24 bits per heavy atom. The van der Waals surface area contributed by atoms with Crippen molar-refractivity contribution in [3.05, 3.63) is 125 Å². The molecule has 0 aromatic heterocycles. The number of alkyl halides is 3. The van der Waals surface area contributed by atoms with Crippen molar-refractivity contribution >= 4 is 10.8 Å². The molecule has 1 radical (unpaired) electrons. The molecule has 0 atom stereocenters. The third-order valence-corrected chi connectivity index (χ3v) is 5.17. The Labute approximate surface area is 168 Å². The highest BCUT2D eigenvalue weighted by molar-refractivity contribution is 5.83. The maximum absolute atomic E-state index is 13.0. The Bertz CT molecular complexity index is 1080. The molecule has 0 unspecified atom stereocenters. The lowest BCUT2D eigenvalue weighted by Crippen LogP contribution is -2.07. The lowest BCUT2D eigenvalue weighted by molar-refractivity contribution is -0.137. The van der Waals surface area contributed by atoms with Gasteiger partial charge in [0.1, 0.15) is 0 Å². The fraction of sp³-hybridized carbons (Fsp3) is 0.115. The van der Waals surface area contributed by atoms with E-state index in [0.29, 0.717) is 0 Å². The Balaban J connectivity index is 1.69. The van der Waals surface area contributed by atoms with Crippen LogP contribution in [-0.4, -0.2) is 0 Å². The van der Waals surface area contributed by atoms with E-state index in [9.17, 15) is 13.2 Å². The van der Waals surface area contributed by atoms with E-state index in [-0.39, 0.29) is 0 Å². The fourth-order valence-corrected chi connectivity index (χ4v) is 3.61. The number of aryl methyl sites for hydroxylation is 1. The summed E-state index contributed by atoms with van der Waals surface area (Å²) in [6.07, 6.45) is -2.76. The molecule has 0 saturated heterocycles. The predicted molar refractivity (Wildman–Crippen MR) is 112 cm³/mol. The summed E-state index contributed by atoms with van der Waals surface area (Å²) in [6.45, 7) is 0. The standard InChI is InChI=1S/C26H20F3/c27-26(28,29)24-15-13-21(14-16-24)25(17-10-19-6-2-1-3-7-19)23-12-11-20-8-4-5-9-22(20)18-23/h1-9,11-16,18H,10,17H2. The van der Waals surface area contributed by atoms with Gasteiger partial charge in [-0.2, -0.15) is 13.2 Å². The third kappa shape index (κ3) is 4.51. The van der Waals surface area contributed by atoms with Gasteiger partial charge in [0.25, 0.3) is 0 Å². The molecule has 0 aliphatic heterocycles. The molecule has 0 bridgehead atoms. The van der Waals surface area contributed by atoms with E-state index < -0.39 is 11.7 Å². The summed E-state index contributed by atoms with van der Waals surface area (Å²) >= 11 is 0. The van der Waals surface area contributed by atoms with Crippen LogP contribution in [0.5, 0.6) is 0 Å². The van der Waals surface area contributed by atoms with Crippen LogP contribution in [0, 0.1) is 5.92 Å². The summed E-state index contributed by atoms with van der Waals surface area (Å²) < 4.78 is 38.9. The van der Waals surface area contributed by atoms with Crippen molar-refractivity contribution in [3.8, 4) is 0 Å². The Kier molecular flexibility index (Phi) is 5.39. The highest BCUT2D eigenvalue weighted by atomic mass is 19.4. The molecule has 0 nitrogen and oxygen atoms in total. The van der Waals surface area contributed by atoms with Crippen LogP contribution in [0.15, 0.2) is 97.1 Å². The molecule has 4 aromatic carbocycles. The minimum absolute atomic E-state index is 0.623. The molecule has 4 aromatic rings. The quantitative estimate of drug-likeness (QED) is 0.332. The van der Waals surface area contributed by atoms with Gasteiger partial charge in [0.2, 0.25) is 0 Å². The van der Waals surface area contributed by atoms with Crippen LogP contribution < -0.4 is 0 Å². The maximum atomic E-state index is 13.0. The molecule has 0 spiro atoms. The minimum Gasteiger partial charge on any atom is -0.166 e. The largest absolute Gasteiger partial charge is 0.416 e. The molecule has 0 N–H and O–H groups in total. The van der Waals surface area contributed by atoms with E-state index in [1.54, 1.807) is 12.1 Å². The van der Waals surface area contributed by atoms with Gasteiger partial charge < -0.3 is 0 Å². The molecule has 3 heteroatoms. The van der Waals surface area contributed by atoms with E-state index in [2.05, 4.69) is 42.5 Å². The van der Waals surface area contributed by atoms with Gasteiger partial charge in [0.05, 0.1) is 5.56 Å². The van der Waals surface area contributed by atoms with Gasteiger partial charge in [-0.3, -0.25) is 0 Å².